The summed E-state index contributed by atoms with van der Waals surface area (Å²) in [7, 11) is 0. The third kappa shape index (κ3) is 3.77. The minimum Gasteiger partial charge on any atom is -0.351 e. The van der Waals surface area contributed by atoms with Crippen LogP contribution in [0.25, 0.3) is 10.9 Å². The summed E-state index contributed by atoms with van der Waals surface area (Å²) in [6.07, 6.45) is 4.76. The summed E-state index contributed by atoms with van der Waals surface area (Å²) in [5, 5.41) is 1.10. The van der Waals surface area contributed by atoms with Gasteiger partial charge in [0.2, 0.25) is 0 Å². The van der Waals surface area contributed by atoms with Crippen molar-refractivity contribution in [3.05, 3.63) is 71.4 Å². The van der Waals surface area contributed by atoms with E-state index in [1.54, 1.807) is 0 Å². The minimum absolute atomic E-state index is 0.127. The molecule has 1 amide bonds. The van der Waals surface area contributed by atoms with Crippen molar-refractivity contribution in [1.29, 1.82) is 0 Å². The number of benzene rings is 2. The average Bonchev–Trinajstić information content (AvgIpc) is 3.41. The van der Waals surface area contributed by atoms with Crippen molar-refractivity contribution < 1.29 is 4.79 Å². The van der Waals surface area contributed by atoms with E-state index in [9.17, 15) is 4.79 Å². The number of piperidine rings is 1. The Kier molecular flexibility index (Phi) is 5.34. The van der Waals surface area contributed by atoms with E-state index in [-0.39, 0.29) is 5.91 Å². The molecule has 0 bridgehead atoms. The molecule has 30 heavy (non-hydrogen) atoms. The van der Waals surface area contributed by atoms with Crippen LogP contribution in [0.2, 0.25) is 0 Å². The largest absolute Gasteiger partial charge is 0.351 e. The highest BCUT2D eigenvalue weighted by Crippen LogP contribution is 2.29. The SMILES string of the molecule is CCN(CC1CCN(C2Cc3ccccc3C2)CC1)C(=O)c1cc2ccccc2[nH]1. The van der Waals surface area contributed by atoms with Crippen LogP contribution >= 0.6 is 0 Å². The van der Waals surface area contributed by atoms with Gasteiger partial charge in [-0.2, -0.15) is 0 Å². The van der Waals surface area contributed by atoms with E-state index < -0.39 is 0 Å². The zero-order valence-electron chi connectivity index (χ0n) is 17.8. The van der Waals surface area contributed by atoms with Crippen molar-refractivity contribution >= 4 is 16.8 Å². The molecule has 1 fully saturated rings. The molecule has 3 aromatic rings. The highest BCUT2D eigenvalue weighted by molar-refractivity contribution is 5.98. The predicted octanol–water partition coefficient (Wildman–Crippen LogP) is 4.51. The van der Waals surface area contributed by atoms with Gasteiger partial charge in [0.25, 0.3) is 5.91 Å². The topological polar surface area (TPSA) is 39.3 Å². The van der Waals surface area contributed by atoms with Gasteiger partial charge in [-0.1, -0.05) is 42.5 Å². The summed E-state index contributed by atoms with van der Waals surface area (Å²) in [6.45, 7) is 6.02. The van der Waals surface area contributed by atoms with Crippen molar-refractivity contribution in [1.82, 2.24) is 14.8 Å². The van der Waals surface area contributed by atoms with Crippen LogP contribution in [0, 0.1) is 5.92 Å². The molecule has 0 spiro atoms. The van der Waals surface area contributed by atoms with Gasteiger partial charge in [0.1, 0.15) is 5.69 Å². The molecule has 1 aliphatic heterocycles. The molecule has 4 heteroatoms. The van der Waals surface area contributed by atoms with Crippen LogP contribution in [0.15, 0.2) is 54.6 Å². The third-order valence-electron chi connectivity index (χ3n) is 7.10. The van der Waals surface area contributed by atoms with Gasteiger partial charge in [0, 0.05) is 30.0 Å². The first-order valence-electron chi connectivity index (χ1n) is 11.4. The summed E-state index contributed by atoms with van der Waals surface area (Å²) < 4.78 is 0. The van der Waals surface area contributed by atoms with Crippen LogP contribution in [0.5, 0.6) is 0 Å². The number of carbonyl (C=O) groups is 1. The van der Waals surface area contributed by atoms with Gasteiger partial charge in [0.05, 0.1) is 0 Å². The molecule has 0 atom stereocenters. The Morgan fingerprint density at radius 1 is 1.03 bits per heavy atom. The van der Waals surface area contributed by atoms with Gasteiger partial charge in [-0.05, 0) is 74.9 Å². The second-order valence-corrected chi connectivity index (χ2v) is 8.92. The Hall–Kier alpha value is -2.59. The molecule has 0 unspecified atom stereocenters. The second kappa shape index (κ2) is 8.27. The first-order chi connectivity index (χ1) is 14.7. The normalized spacial score (nSPS) is 18.0. The molecule has 1 N–H and O–H groups in total. The van der Waals surface area contributed by atoms with Gasteiger partial charge in [-0.3, -0.25) is 9.69 Å². The number of aromatic nitrogens is 1. The smallest absolute Gasteiger partial charge is 0.270 e. The molecule has 0 radical (unpaired) electrons. The highest BCUT2D eigenvalue weighted by atomic mass is 16.2. The lowest BCUT2D eigenvalue weighted by Gasteiger charge is -2.37. The molecule has 1 aliphatic carbocycles. The molecule has 1 saturated heterocycles. The fourth-order valence-corrected chi connectivity index (χ4v) is 5.32. The molecular formula is C26H31N3O. The number of H-pyrrole nitrogens is 1. The Balaban J connectivity index is 1.17. The average molecular weight is 402 g/mol. The number of carbonyl (C=O) groups excluding carboxylic acids is 1. The van der Waals surface area contributed by atoms with E-state index >= 15 is 0 Å². The predicted molar refractivity (Wildman–Crippen MR) is 122 cm³/mol. The van der Waals surface area contributed by atoms with E-state index in [1.807, 2.05) is 29.2 Å². The number of para-hydroxylation sites is 1. The van der Waals surface area contributed by atoms with Gasteiger partial charge in [-0.15, -0.1) is 0 Å². The Morgan fingerprint density at radius 3 is 2.37 bits per heavy atom. The van der Waals surface area contributed by atoms with E-state index in [0.29, 0.717) is 17.7 Å². The van der Waals surface area contributed by atoms with Crippen molar-refractivity contribution in [2.45, 2.75) is 38.6 Å². The van der Waals surface area contributed by atoms with Crippen LogP contribution in [-0.4, -0.2) is 52.9 Å². The highest BCUT2D eigenvalue weighted by Gasteiger charge is 2.30. The van der Waals surface area contributed by atoms with Crippen LogP contribution < -0.4 is 0 Å². The summed E-state index contributed by atoms with van der Waals surface area (Å²) >= 11 is 0. The van der Waals surface area contributed by atoms with Crippen LogP contribution in [0.4, 0.5) is 0 Å². The first-order valence-corrected chi connectivity index (χ1v) is 11.4. The lowest BCUT2D eigenvalue weighted by Crippen LogP contribution is -2.45. The molecule has 5 rings (SSSR count). The summed E-state index contributed by atoms with van der Waals surface area (Å²) in [5.74, 6) is 0.723. The van der Waals surface area contributed by atoms with Crippen molar-refractivity contribution in [2.24, 2.45) is 5.92 Å². The number of fused-ring (bicyclic) bond motifs is 2. The van der Waals surface area contributed by atoms with Crippen molar-refractivity contribution in [3.8, 4) is 0 Å². The minimum atomic E-state index is 0.127. The number of hydrogen-bond donors (Lipinski definition) is 1. The van der Waals surface area contributed by atoms with Gasteiger partial charge in [0.15, 0.2) is 0 Å². The Bertz CT molecular complexity index is 973. The molecule has 1 aromatic heterocycles. The van der Waals surface area contributed by atoms with Crippen molar-refractivity contribution in [3.63, 3.8) is 0 Å². The van der Waals surface area contributed by atoms with Crippen LogP contribution in [-0.2, 0) is 12.8 Å². The molecule has 156 valence electrons. The molecule has 2 heterocycles. The van der Waals surface area contributed by atoms with Crippen LogP contribution in [0.3, 0.4) is 0 Å². The maximum Gasteiger partial charge on any atom is 0.270 e. The molecule has 4 nitrogen and oxygen atoms in total. The maximum absolute atomic E-state index is 13.1. The molecule has 0 saturated carbocycles. The first kappa shape index (κ1) is 19.4. The van der Waals surface area contributed by atoms with E-state index in [2.05, 4.69) is 47.1 Å². The third-order valence-corrected chi connectivity index (χ3v) is 7.10. The number of nitrogens with zero attached hydrogens (tertiary/aromatic N) is 2. The van der Waals surface area contributed by atoms with Gasteiger partial charge >= 0.3 is 0 Å². The van der Waals surface area contributed by atoms with Gasteiger partial charge in [-0.25, -0.2) is 0 Å². The number of nitrogens with one attached hydrogen (secondary N) is 1. The van der Waals surface area contributed by atoms with E-state index in [1.165, 1.54) is 36.8 Å². The van der Waals surface area contributed by atoms with E-state index in [4.69, 9.17) is 0 Å². The maximum atomic E-state index is 13.1. The lowest BCUT2D eigenvalue weighted by atomic mass is 9.94. The van der Waals surface area contributed by atoms with Crippen LogP contribution in [0.1, 0.15) is 41.4 Å². The number of aromatic amines is 1. The second-order valence-electron chi connectivity index (χ2n) is 8.92. The number of hydrogen-bond acceptors (Lipinski definition) is 2. The molecular weight excluding hydrogens is 370 g/mol. The summed E-state index contributed by atoms with van der Waals surface area (Å²) in [5.41, 5.74) is 4.80. The zero-order valence-corrected chi connectivity index (χ0v) is 17.8. The molecule has 2 aromatic carbocycles. The summed E-state index contributed by atoms with van der Waals surface area (Å²) in [6, 6.07) is 19.6. The Labute approximate surface area is 178 Å². The number of amides is 1. The quantitative estimate of drug-likeness (QED) is 0.683. The molecule has 2 aliphatic rings. The number of likely N-dealkylation sites (tertiary alicyclic amines) is 1. The lowest BCUT2D eigenvalue weighted by molar-refractivity contribution is 0.0674. The zero-order chi connectivity index (χ0) is 20.5. The number of rotatable bonds is 5. The fourth-order valence-electron chi connectivity index (χ4n) is 5.32. The fraction of sp³-hybridized carbons (Fsp3) is 0.423. The standard InChI is InChI=1S/C26H31N3O/c1-2-28(26(30)25-17-22-9-5-6-10-24(22)27-25)18-19-11-13-29(14-12-19)23-15-20-7-3-4-8-21(20)16-23/h3-10,17,19,23,27H,2,11-16,18H2,1H3. The van der Waals surface area contributed by atoms with E-state index in [0.717, 1.165) is 37.1 Å². The Morgan fingerprint density at radius 2 is 1.70 bits per heavy atom. The summed E-state index contributed by atoms with van der Waals surface area (Å²) in [4.78, 5) is 21.1. The monoisotopic (exact) mass is 401 g/mol. The van der Waals surface area contributed by atoms with Gasteiger partial charge < -0.3 is 9.88 Å². The van der Waals surface area contributed by atoms with Crippen molar-refractivity contribution in [2.75, 3.05) is 26.2 Å².